The third-order valence-corrected chi connectivity index (χ3v) is 9.68. The number of ketones is 1. The van der Waals surface area contributed by atoms with Gasteiger partial charge in [-0.1, -0.05) is 174 Å². The Balaban J connectivity index is -0.0000000325. The zero-order valence-corrected chi connectivity index (χ0v) is 101. The van der Waals surface area contributed by atoms with E-state index in [9.17, 15) is 4.79 Å². The third-order valence-electron chi connectivity index (χ3n) is 9.46. The van der Waals surface area contributed by atoms with Crippen LogP contribution in [-0.4, -0.2) is 23.4 Å². The normalized spacial score (nSPS) is 7.91. The summed E-state index contributed by atoms with van der Waals surface area (Å²) in [4.78, 5) is 15.4. The van der Waals surface area contributed by atoms with Crippen LogP contribution in [0, 0.1) is 65.0 Å². The van der Waals surface area contributed by atoms with Crippen molar-refractivity contribution in [2.45, 2.75) is 168 Å². The molecule has 0 saturated heterocycles. The van der Waals surface area contributed by atoms with Gasteiger partial charge in [-0.25, -0.2) is 87.3 Å². The van der Waals surface area contributed by atoms with Crippen LogP contribution < -0.4 is 0 Å². The van der Waals surface area contributed by atoms with Crippen LogP contribution in [0.5, 0.6) is 0 Å². The number of aliphatic imine (C=N–C) groups is 1. The van der Waals surface area contributed by atoms with Crippen LogP contribution in [0.2, 0.25) is 0 Å². The Kier molecular flexibility index (Phi) is 179. The maximum atomic E-state index is 10.8. The molecule has 0 atom stereocenters. The van der Waals surface area contributed by atoms with E-state index in [1.54, 1.807) is 13.1 Å². The molecule has 86 heavy (non-hydrogen) atoms. The molecular formula is C68H97NOSY15-10. The fourth-order valence-corrected chi connectivity index (χ4v) is 5.19. The first kappa shape index (κ1) is 151. The number of allylic oxidation sites excluding steroid dienone is 2. The van der Waals surface area contributed by atoms with Gasteiger partial charge in [0.15, 0.2) is 0 Å². The summed E-state index contributed by atoms with van der Waals surface area (Å²) in [5.41, 5.74) is 13.3. The standard InChI is InChI=1S/C12H15N.2C12H14.C11H12O.C11H12S.5C2H6.15Y/c1-9(2)11-5-7-12(8-6-11)10(3)13-4;2*1-9(2)11-5-7-12(8-6-11)10(3)4;2*1-8(2)10-4-6-11(7-5-10)9(3)12;5*1-2;;;;;;;;;;;;;;;/h5-7,9H,3H2,1-2,4H3;2*5,7-8,10H,1-2H2,3-4H3;2*4-6,8H,3H2,1-2H3;5*1-2H3;;;;;;;;;;;;;;;/q5*-2;;;;;;;;;;;;;;;;;;;;. The molecule has 0 spiro atoms. The smallest absolute Gasteiger partial charge is 0.0140 e. The van der Waals surface area contributed by atoms with Gasteiger partial charge in [-0.05, 0) is 0 Å². The summed E-state index contributed by atoms with van der Waals surface area (Å²) >= 11 is 4.93. The van der Waals surface area contributed by atoms with Crippen LogP contribution in [0.15, 0.2) is 109 Å². The molecule has 0 amide bonds. The Hall–Kier alpha value is 10.9. The Morgan fingerprint density at radius 1 is 0.349 bits per heavy atom. The van der Waals surface area contributed by atoms with Gasteiger partial charge in [0, 0.05) is 498 Å². The van der Waals surface area contributed by atoms with Crippen LogP contribution in [0.3, 0.4) is 0 Å². The van der Waals surface area contributed by atoms with Crippen LogP contribution >= 0.6 is 12.2 Å². The van der Waals surface area contributed by atoms with Crippen molar-refractivity contribution in [1.82, 2.24) is 0 Å². The molecule has 0 aromatic heterocycles. The average molecular weight is 2310 g/mol. The van der Waals surface area contributed by atoms with Gasteiger partial charge in [0.05, 0.1) is 0 Å². The summed E-state index contributed by atoms with van der Waals surface area (Å²) in [7, 11) is 1.74. The topological polar surface area (TPSA) is 29.4 Å². The molecule has 5 aromatic rings. The number of nitrogens with zero attached hydrogens (tertiary/aromatic N) is 1. The predicted octanol–water partition coefficient (Wildman–Crippen LogP) is 20.7. The van der Waals surface area contributed by atoms with Crippen molar-refractivity contribution >= 4 is 39.7 Å². The molecule has 0 aliphatic heterocycles. The molecule has 441 valence electrons. The zero-order chi connectivity index (χ0) is 56.4. The van der Waals surface area contributed by atoms with Crippen LogP contribution in [-0.2, 0) is 491 Å². The monoisotopic (exact) mass is 2310 g/mol. The number of carbonyl (C=O) groups excluding carboxylic acids is 1. The van der Waals surface area contributed by atoms with Gasteiger partial charge < -0.3 is 9.79 Å². The predicted molar refractivity (Wildman–Crippen MR) is 327 cm³/mol. The minimum atomic E-state index is -0.176. The van der Waals surface area contributed by atoms with Gasteiger partial charge in [0.2, 0.25) is 0 Å². The quantitative estimate of drug-likeness (QED) is 0.0604. The largest absolute Gasteiger partial charge is 0.389 e. The van der Waals surface area contributed by atoms with E-state index < -0.39 is 0 Å². The molecule has 5 aromatic carbocycles. The van der Waals surface area contributed by atoms with E-state index in [0.29, 0.717) is 40.0 Å². The minimum absolute atomic E-state index is 0. The molecule has 0 unspecified atom stereocenters. The average Bonchev–Trinajstić information content (AvgIpc) is 3.39. The molecule has 0 fully saturated rings. The Morgan fingerprint density at radius 3 is 0.651 bits per heavy atom. The van der Waals surface area contributed by atoms with Gasteiger partial charge in [0.1, 0.15) is 0 Å². The summed E-state index contributed by atoms with van der Waals surface area (Å²) in [5.74, 6) is 2.54. The number of Topliss-reactive ketones (excluding diaryl/α,β-unsaturated/α-hetero) is 1. The fourth-order valence-electron chi connectivity index (χ4n) is 5.07. The number of rotatable bonds is 10. The number of carbonyl (C=O) groups is 1. The Labute approximate surface area is 917 Å². The van der Waals surface area contributed by atoms with Gasteiger partial charge in [-0.2, -0.15) is 90.7 Å². The maximum absolute atomic E-state index is 10.8. The Morgan fingerprint density at radius 2 is 0.523 bits per heavy atom. The third kappa shape index (κ3) is 79.0. The SMILES string of the molecule is C=C([CH2-])c1[c-]cc(C(C)C)cc1.C=C([CH2-])c1[c-]cc(C(C)C)cc1.CC.CC.CC.CC.CC.[CH2-]C(=NC)c1[c-]cc(C(C)C)cc1.[CH2-]C(=O)c1[c-]cc(C(C)C)cc1.[CH2-]C(=S)c1[c-]cc(C(C)C)cc1.[Y].[Y].[Y].[Y].[Y].[Y].[Y].[Y].[Y].[Y].[Y].[Y].[Y].[Y].[Y]. The van der Waals surface area contributed by atoms with Gasteiger partial charge in [-0.3, -0.25) is 52.8 Å². The molecule has 0 aliphatic carbocycles. The number of benzene rings is 5. The van der Waals surface area contributed by atoms with Gasteiger partial charge >= 0.3 is 0 Å². The van der Waals surface area contributed by atoms with Crippen molar-refractivity contribution in [2.24, 2.45) is 4.99 Å². The van der Waals surface area contributed by atoms with E-state index in [-0.39, 0.29) is 496 Å². The van der Waals surface area contributed by atoms with E-state index in [2.05, 4.69) is 177 Å². The number of thiocarbonyl (C=S) groups is 1. The summed E-state index contributed by atoms with van der Waals surface area (Å²) < 4.78 is 0. The van der Waals surface area contributed by atoms with E-state index >= 15 is 0 Å². The molecule has 15 radical (unpaired) electrons. The first-order valence-electron chi connectivity index (χ1n) is 25.7. The molecule has 0 N–H and O–H groups in total. The first-order valence-corrected chi connectivity index (χ1v) is 26.1. The zero-order valence-electron chi connectivity index (χ0n) is 57.4. The van der Waals surface area contributed by atoms with E-state index in [1.165, 1.54) is 27.8 Å². The van der Waals surface area contributed by atoms with E-state index in [0.717, 1.165) is 39.1 Å². The fraction of sp³-hybridized carbons (Fsp3) is 0.382. The Bertz CT molecular complexity index is 1900. The van der Waals surface area contributed by atoms with Gasteiger partial charge in [-0.15, -0.1) is 27.8 Å². The molecule has 0 saturated carbocycles. The van der Waals surface area contributed by atoms with Crippen LogP contribution in [0.25, 0.3) is 11.1 Å². The summed E-state index contributed by atoms with van der Waals surface area (Å²) in [6.45, 7) is 67.4. The second-order valence-corrected chi connectivity index (χ2v) is 16.7. The van der Waals surface area contributed by atoms with Crippen molar-refractivity contribution < 1.29 is 495 Å². The van der Waals surface area contributed by atoms with Crippen molar-refractivity contribution in [3.8, 4) is 0 Å². The van der Waals surface area contributed by atoms with Crippen molar-refractivity contribution in [3.63, 3.8) is 0 Å². The van der Waals surface area contributed by atoms with E-state index in [4.69, 9.17) is 12.2 Å². The summed E-state index contributed by atoms with van der Waals surface area (Å²) in [6, 6.07) is 45.5. The van der Waals surface area contributed by atoms with Crippen molar-refractivity contribution in [2.75, 3.05) is 7.05 Å². The molecule has 2 nitrogen and oxygen atoms in total. The van der Waals surface area contributed by atoms with Crippen LogP contribution in [0.1, 0.15) is 228 Å². The minimum Gasteiger partial charge on any atom is -0.389 e. The van der Waals surface area contributed by atoms with Crippen molar-refractivity contribution in [3.05, 3.63) is 225 Å². The maximum Gasteiger partial charge on any atom is 0.0140 e. The molecular weight excluding hydrogens is 2210 g/mol. The number of hydrogen-bond donors (Lipinski definition) is 0. The molecule has 0 bridgehead atoms. The number of hydrogen-bond acceptors (Lipinski definition) is 3. The second kappa shape index (κ2) is 102. The van der Waals surface area contributed by atoms with Crippen molar-refractivity contribution in [1.29, 1.82) is 0 Å². The second-order valence-electron chi connectivity index (χ2n) is 16.2. The molecule has 18 heteroatoms. The van der Waals surface area contributed by atoms with Crippen LogP contribution in [0.4, 0.5) is 0 Å². The van der Waals surface area contributed by atoms with E-state index in [1.807, 2.05) is 130 Å². The summed E-state index contributed by atoms with van der Waals surface area (Å²) in [5, 5.41) is 0. The first-order chi connectivity index (χ1) is 33.6. The van der Waals surface area contributed by atoms with Gasteiger partial charge in [0.25, 0.3) is 0 Å². The molecule has 0 aliphatic rings. The molecule has 0 heterocycles. The molecule has 5 rings (SSSR count). The summed E-state index contributed by atoms with van der Waals surface area (Å²) in [6.07, 6.45) is 0.